The summed E-state index contributed by atoms with van der Waals surface area (Å²) in [6, 6.07) is 4.03. The van der Waals surface area contributed by atoms with Crippen LogP contribution in [0.25, 0.3) is 11.0 Å². The van der Waals surface area contributed by atoms with Crippen LogP contribution in [0, 0.1) is 0 Å². The van der Waals surface area contributed by atoms with Crippen LogP contribution in [0.3, 0.4) is 0 Å². The summed E-state index contributed by atoms with van der Waals surface area (Å²) in [6.45, 7) is 0. The van der Waals surface area contributed by atoms with E-state index in [4.69, 9.17) is 22.3 Å². The largest absolute Gasteiger partial charge is 0.307 e. The maximum absolute atomic E-state index is 11.5. The third kappa shape index (κ3) is 2.15. The Morgan fingerprint density at radius 2 is 2.00 bits per heavy atom. The maximum Gasteiger partial charge on any atom is 0.288 e. The van der Waals surface area contributed by atoms with Crippen LogP contribution in [0.5, 0.6) is 0 Å². The van der Waals surface area contributed by atoms with Crippen molar-refractivity contribution in [3.8, 4) is 0 Å². The van der Waals surface area contributed by atoms with E-state index >= 15 is 0 Å². The minimum Gasteiger partial charge on any atom is -0.307 e. The number of fused-ring (bicyclic) bond motifs is 1. The van der Waals surface area contributed by atoms with Gasteiger partial charge in [-0.05, 0) is 18.2 Å². The number of benzene rings is 1. The molecule has 0 saturated carbocycles. The quantitative estimate of drug-likeness (QED) is 0.747. The lowest BCUT2D eigenvalue weighted by atomic mass is 10.3. The first-order valence-electron chi connectivity index (χ1n) is 4.41. The summed E-state index contributed by atoms with van der Waals surface area (Å²) in [7, 11) is 2.91. The number of hydrogen-bond donors (Lipinski definition) is 0. The lowest BCUT2D eigenvalue weighted by Gasteiger charge is -2.05. The van der Waals surface area contributed by atoms with Gasteiger partial charge >= 0.3 is 0 Å². The molecule has 0 unspecified atom stereocenters. The van der Waals surface area contributed by atoms with Crippen molar-refractivity contribution in [3.05, 3.63) is 33.7 Å². The Bertz CT molecular complexity index is 768. The van der Waals surface area contributed by atoms with Crippen LogP contribution < -0.4 is 5.56 Å². The molecule has 1 aromatic heterocycles. The molecule has 17 heavy (non-hydrogen) atoms. The zero-order valence-electron chi connectivity index (χ0n) is 8.52. The molecule has 90 valence electrons. The summed E-state index contributed by atoms with van der Waals surface area (Å²) >= 11 is 5.63. The maximum atomic E-state index is 11.5. The molecule has 0 radical (unpaired) electrons. The van der Waals surface area contributed by atoms with Crippen molar-refractivity contribution in [3.63, 3.8) is 0 Å². The second-order valence-corrected chi connectivity index (χ2v) is 6.28. The zero-order chi connectivity index (χ0) is 12.8. The van der Waals surface area contributed by atoms with Crippen LogP contribution in [0.4, 0.5) is 0 Å². The van der Waals surface area contributed by atoms with Crippen LogP contribution in [-0.2, 0) is 16.1 Å². The first-order valence-corrected chi connectivity index (χ1v) is 7.10. The molecule has 0 atom stereocenters. The van der Waals surface area contributed by atoms with E-state index in [1.165, 1.54) is 29.8 Å². The zero-order valence-corrected chi connectivity index (χ0v) is 10.8. The molecule has 0 aliphatic rings. The van der Waals surface area contributed by atoms with Gasteiger partial charge in [-0.3, -0.25) is 4.79 Å². The van der Waals surface area contributed by atoms with E-state index in [1.807, 2.05) is 0 Å². The number of rotatable bonds is 1. The molecule has 1 heterocycles. The molecule has 2 rings (SSSR count). The van der Waals surface area contributed by atoms with Gasteiger partial charge in [0.1, 0.15) is 0 Å². The van der Waals surface area contributed by atoms with Gasteiger partial charge in [0.2, 0.25) is 0 Å². The van der Waals surface area contributed by atoms with Gasteiger partial charge in [-0.1, -0.05) is 11.6 Å². The van der Waals surface area contributed by atoms with Gasteiger partial charge in [-0.15, -0.1) is 0 Å². The molecule has 0 aliphatic heterocycles. The average molecular weight is 293 g/mol. The second kappa shape index (κ2) is 3.97. The van der Waals surface area contributed by atoms with E-state index in [-0.39, 0.29) is 10.0 Å². The Balaban J connectivity index is 2.90. The molecule has 0 aliphatic carbocycles. The molecule has 0 bridgehead atoms. The predicted molar refractivity (Wildman–Crippen MR) is 65.0 cm³/mol. The first kappa shape index (κ1) is 12.3. The molecule has 0 fully saturated rings. The van der Waals surface area contributed by atoms with E-state index < -0.39 is 14.6 Å². The Kier molecular flexibility index (Phi) is 2.89. The van der Waals surface area contributed by atoms with Crippen molar-refractivity contribution in [2.24, 2.45) is 7.05 Å². The van der Waals surface area contributed by atoms with Crippen LogP contribution in [0.2, 0.25) is 5.15 Å². The van der Waals surface area contributed by atoms with Gasteiger partial charge in [0.15, 0.2) is 5.15 Å². The average Bonchev–Trinajstić information content (AvgIpc) is 2.24. The van der Waals surface area contributed by atoms with Crippen LogP contribution in [-0.4, -0.2) is 18.0 Å². The molecule has 5 nitrogen and oxygen atoms in total. The lowest BCUT2D eigenvalue weighted by Crippen LogP contribution is -2.18. The first-order chi connectivity index (χ1) is 7.80. The fourth-order valence-corrected chi connectivity index (χ4v) is 2.42. The highest BCUT2D eigenvalue weighted by atomic mass is 35.7. The molecule has 1 aromatic carbocycles. The topological polar surface area (TPSA) is 69.0 Å². The third-order valence-corrected chi connectivity index (χ3v) is 3.89. The van der Waals surface area contributed by atoms with Crippen LogP contribution >= 0.6 is 22.3 Å². The summed E-state index contributed by atoms with van der Waals surface area (Å²) in [5.41, 5.74) is 0.322. The Labute approximate surface area is 106 Å². The van der Waals surface area contributed by atoms with Gasteiger partial charge in [-0.2, -0.15) is 0 Å². The molecular weight excluding hydrogens is 287 g/mol. The smallest absolute Gasteiger partial charge is 0.288 e. The van der Waals surface area contributed by atoms with Crippen molar-refractivity contribution in [1.29, 1.82) is 0 Å². The summed E-state index contributed by atoms with van der Waals surface area (Å²) in [6.07, 6.45) is 0. The van der Waals surface area contributed by atoms with E-state index in [0.29, 0.717) is 11.0 Å². The Hall–Kier alpha value is -1.11. The van der Waals surface area contributed by atoms with Gasteiger partial charge < -0.3 is 4.57 Å². The predicted octanol–water partition coefficient (Wildman–Crippen LogP) is 1.51. The standard InChI is InChI=1S/C9H6Cl2N2O3S/c1-13-7-3-2-5(17(11,15)16)4-6(7)12-8(10)9(13)14/h2-4H,1H3. The van der Waals surface area contributed by atoms with Gasteiger partial charge in [0, 0.05) is 17.7 Å². The minimum atomic E-state index is -3.83. The number of hydrogen-bond acceptors (Lipinski definition) is 4. The molecule has 2 aromatic rings. The summed E-state index contributed by atoms with van der Waals surface area (Å²) in [4.78, 5) is 15.2. The number of halogens is 2. The normalized spacial score (nSPS) is 11.9. The highest BCUT2D eigenvalue weighted by molar-refractivity contribution is 8.13. The minimum absolute atomic E-state index is 0.0890. The van der Waals surface area contributed by atoms with Gasteiger partial charge in [0.05, 0.1) is 15.9 Å². The molecule has 0 amide bonds. The van der Waals surface area contributed by atoms with Crippen molar-refractivity contribution in [1.82, 2.24) is 9.55 Å². The lowest BCUT2D eigenvalue weighted by molar-refractivity contribution is 0.609. The molecule has 0 saturated heterocycles. The van der Waals surface area contributed by atoms with Crippen molar-refractivity contribution >= 4 is 42.4 Å². The monoisotopic (exact) mass is 292 g/mol. The summed E-state index contributed by atoms with van der Waals surface area (Å²) in [5.74, 6) is 0. The highest BCUT2D eigenvalue weighted by Crippen LogP contribution is 2.20. The van der Waals surface area contributed by atoms with Gasteiger partial charge in [-0.25, -0.2) is 13.4 Å². The number of aromatic nitrogens is 2. The molecule has 8 heteroatoms. The third-order valence-electron chi connectivity index (χ3n) is 2.29. The van der Waals surface area contributed by atoms with Gasteiger partial charge in [0.25, 0.3) is 14.6 Å². The van der Waals surface area contributed by atoms with E-state index in [9.17, 15) is 13.2 Å². The Morgan fingerprint density at radius 1 is 1.35 bits per heavy atom. The number of nitrogens with zero attached hydrogens (tertiary/aromatic N) is 2. The fourth-order valence-electron chi connectivity index (χ4n) is 1.43. The second-order valence-electron chi connectivity index (χ2n) is 3.36. The van der Waals surface area contributed by atoms with Crippen LogP contribution in [0.1, 0.15) is 0 Å². The van der Waals surface area contributed by atoms with E-state index in [2.05, 4.69) is 4.98 Å². The van der Waals surface area contributed by atoms with Crippen molar-refractivity contribution in [2.45, 2.75) is 4.90 Å². The van der Waals surface area contributed by atoms with E-state index in [1.54, 1.807) is 0 Å². The molecule has 0 N–H and O–H groups in total. The van der Waals surface area contributed by atoms with Crippen molar-refractivity contribution in [2.75, 3.05) is 0 Å². The molecular formula is C9H6Cl2N2O3S. The fraction of sp³-hybridized carbons (Fsp3) is 0.111. The summed E-state index contributed by atoms with van der Waals surface area (Å²) < 4.78 is 23.6. The summed E-state index contributed by atoms with van der Waals surface area (Å²) in [5, 5.41) is -0.218. The van der Waals surface area contributed by atoms with E-state index in [0.717, 1.165) is 0 Å². The SMILES string of the molecule is Cn1c(=O)c(Cl)nc2cc(S(=O)(=O)Cl)ccc21. The Morgan fingerprint density at radius 3 is 2.59 bits per heavy atom. The van der Waals surface area contributed by atoms with Crippen LogP contribution in [0.15, 0.2) is 27.9 Å². The highest BCUT2D eigenvalue weighted by Gasteiger charge is 2.13. The number of aryl methyl sites for hydroxylation is 1. The molecule has 0 spiro atoms. The van der Waals surface area contributed by atoms with Crippen molar-refractivity contribution < 1.29 is 8.42 Å².